The molecule has 1 fully saturated rings. The van der Waals surface area contributed by atoms with Crippen LogP contribution in [0.25, 0.3) is 0 Å². The van der Waals surface area contributed by atoms with Gasteiger partial charge in [-0.3, -0.25) is 4.90 Å². The monoisotopic (exact) mass is 398 g/mol. The van der Waals surface area contributed by atoms with Crippen LogP contribution in [0.1, 0.15) is 11.9 Å². The average molecular weight is 400 g/mol. The molecule has 1 unspecified atom stereocenters. The molecule has 0 spiro atoms. The van der Waals surface area contributed by atoms with E-state index in [4.69, 9.17) is 16.3 Å². The molecule has 1 atom stereocenters. The maximum Gasteiger partial charge on any atom is 0.133 e. The van der Waals surface area contributed by atoms with E-state index < -0.39 is 0 Å². The van der Waals surface area contributed by atoms with Crippen molar-refractivity contribution in [1.29, 1.82) is 0 Å². The normalized spacial score (nSPS) is 19.0. The lowest BCUT2D eigenvalue weighted by molar-refractivity contribution is 0.127. The van der Waals surface area contributed by atoms with Gasteiger partial charge in [-0.05, 0) is 34.1 Å². The Hall–Kier alpha value is -1.08. The van der Waals surface area contributed by atoms with Gasteiger partial charge >= 0.3 is 0 Å². The molecular formula is C16H20BrClN4O. The van der Waals surface area contributed by atoms with E-state index in [1.807, 2.05) is 37.6 Å². The molecule has 1 aliphatic rings. The van der Waals surface area contributed by atoms with Crippen LogP contribution < -0.4 is 10.1 Å². The molecule has 1 saturated heterocycles. The van der Waals surface area contributed by atoms with Gasteiger partial charge in [-0.15, -0.1) is 0 Å². The molecule has 7 heteroatoms. The first kappa shape index (κ1) is 16.8. The topological polar surface area (TPSA) is 42.3 Å². The van der Waals surface area contributed by atoms with Crippen molar-refractivity contribution in [2.24, 2.45) is 7.05 Å². The quantitative estimate of drug-likeness (QED) is 0.839. The number of ether oxygens (including phenoxy) is 1. The largest absolute Gasteiger partial charge is 0.491 e. The minimum atomic E-state index is 0.279. The molecule has 1 aromatic carbocycles. The molecule has 0 bridgehead atoms. The standard InChI is InChI=1S/C16H20BrClN4O/c1-21-6-5-20-16(21)14-11-19-4-7-22(14)8-9-23-15-3-2-12(18)10-13(15)17/h2-3,5-6,10,14,19H,4,7-9,11H2,1H3. The summed E-state index contributed by atoms with van der Waals surface area (Å²) in [6.45, 7) is 4.37. The summed E-state index contributed by atoms with van der Waals surface area (Å²) in [6.07, 6.45) is 3.84. The van der Waals surface area contributed by atoms with Crippen LogP contribution in [0.4, 0.5) is 0 Å². The van der Waals surface area contributed by atoms with E-state index in [0.717, 1.165) is 42.2 Å². The summed E-state index contributed by atoms with van der Waals surface area (Å²) in [4.78, 5) is 6.92. The summed E-state index contributed by atoms with van der Waals surface area (Å²) in [5, 5.41) is 4.14. The van der Waals surface area contributed by atoms with Crippen molar-refractivity contribution in [3.63, 3.8) is 0 Å². The Labute approximate surface area is 149 Å². The van der Waals surface area contributed by atoms with Crippen molar-refractivity contribution >= 4 is 27.5 Å². The van der Waals surface area contributed by atoms with E-state index in [1.54, 1.807) is 0 Å². The molecule has 124 valence electrons. The zero-order valence-electron chi connectivity index (χ0n) is 13.0. The Bertz CT molecular complexity index is 663. The van der Waals surface area contributed by atoms with Crippen LogP contribution in [0, 0.1) is 0 Å². The first-order valence-electron chi connectivity index (χ1n) is 7.65. The maximum absolute atomic E-state index is 5.95. The fraction of sp³-hybridized carbons (Fsp3) is 0.438. The third kappa shape index (κ3) is 4.07. The summed E-state index contributed by atoms with van der Waals surface area (Å²) in [5.74, 6) is 1.91. The number of imidazole rings is 1. The van der Waals surface area contributed by atoms with Crippen molar-refractivity contribution < 1.29 is 4.74 Å². The highest BCUT2D eigenvalue weighted by Gasteiger charge is 2.26. The first-order valence-corrected chi connectivity index (χ1v) is 8.82. The summed E-state index contributed by atoms with van der Waals surface area (Å²) in [7, 11) is 2.04. The van der Waals surface area contributed by atoms with E-state index in [9.17, 15) is 0 Å². The van der Waals surface area contributed by atoms with E-state index in [-0.39, 0.29) is 6.04 Å². The molecule has 2 heterocycles. The molecule has 1 aromatic heterocycles. The zero-order chi connectivity index (χ0) is 16.2. The van der Waals surface area contributed by atoms with Crippen molar-refractivity contribution in [2.45, 2.75) is 6.04 Å². The van der Waals surface area contributed by atoms with Crippen molar-refractivity contribution in [3.8, 4) is 5.75 Å². The molecule has 3 rings (SSSR count). The molecule has 23 heavy (non-hydrogen) atoms. The van der Waals surface area contributed by atoms with Gasteiger partial charge in [0.15, 0.2) is 0 Å². The predicted molar refractivity (Wildman–Crippen MR) is 95.0 cm³/mol. The summed E-state index contributed by atoms with van der Waals surface area (Å²) < 4.78 is 8.86. The van der Waals surface area contributed by atoms with E-state index in [2.05, 4.69) is 35.7 Å². The van der Waals surface area contributed by atoms with Gasteiger partial charge < -0.3 is 14.6 Å². The van der Waals surface area contributed by atoms with Crippen LogP contribution in [0.15, 0.2) is 35.1 Å². The minimum Gasteiger partial charge on any atom is -0.491 e. The Morgan fingerprint density at radius 3 is 3.09 bits per heavy atom. The lowest BCUT2D eigenvalue weighted by Crippen LogP contribution is -2.48. The molecule has 2 aromatic rings. The third-order valence-electron chi connectivity index (χ3n) is 4.04. The fourth-order valence-corrected chi connectivity index (χ4v) is 3.63. The minimum absolute atomic E-state index is 0.279. The number of piperazine rings is 1. The van der Waals surface area contributed by atoms with Crippen LogP contribution in [0.2, 0.25) is 5.02 Å². The van der Waals surface area contributed by atoms with Gasteiger partial charge in [0.1, 0.15) is 18.2 Å². The molecule has 1 aliphatic heterocycles. The van der Waals surface area contributed by atoms with Crippen LogP contribution >= 0.6 is 27.5 Å². The Morgan fingerprint density at radius 2 is 2.35 bits per heavy atom. The zero-order valence-corrected chi connectivity index (χ0v) is 15.3. The molecule has 0 amide bonds. The Kier molecular flexibility index (Phi) is 5.58. The van der Waals surface area contributed by atoms with Crippen molar-refractivity contribution in [1.82, 2.24) is 19.8 Å². The van der Waals surface area contributed by atoms with Gasteiger partial charge in [-0.1, -0.05) is 11.6 Å². The molecular weight excluding hydrogens is 380 g/mol. The van der Waals surface area contributed by atoms with Crippen molar-refractivity contribution in [2.75, 3.05) is 32.8 Å². The number of aromatic nitrogens is 2. The highest BCUT2D eigenvalue weighted by atomic mass is 79.9. The first-order chi connectivity index (χ1) is 11.1. The molecule has 1 N–H and O–H groups in total. The highest BCUT2D eigenvalue weighted by Crippen LogP contribution is 2.28. The lowest BCUT2D eigenvalue weighted by atomic mass is 10.2. The number of hydrogen-bond donors (Lipinski definition) is 1. The van der Waals surface area contributed by atoms with Gasteiger partial charge in [0.2, 0.25) is 0 Å². The van der Waals surface area contributed by atoms with E-state index in [0.29, 0.717) is 11.6 Å². The number of aryl methyl sites for hydroxylation is 1. The van der Waals surface area contributed by atoms with Crippen LogP contribution in [-0.4, -0.2) is 47.2 Å². The Morgan fingerprint density at radius 1 is 1.48 bits per heavy atom. The molecule has 0 aliphatic carbocycles. The number of benzene rings is 1. The smallest absolute Gasteiger partial charge is 0.133 e. The molecule has 5 nitrogen and oxygen atoms in total. The number of rotatable bonds is 5. The predicted octanol–water partition coefficient (Wildman–Crippen LogP) is 2.86. The summed E-state index contributed by atoms with van der Waals surface area (Å²) in [5.41, 5.74) is 0. The molecule has 0 radical (unpaired) electrons. The second-order valence-electron chi connectivity index (χ2n) is 5.58. The summed E-state index contributed by atoms with van der Waals surface area (Å²) >= 11 is 9.43. The SMILES string of the molecule is Cn1ccnc1C1CNCCN1CCOc1ccc(Cl)cc1Br. The van der Waals surface area contributed by atoms with Gasteiger partial charge in [0.25, 0.3) is 0 Å². The van der Waals surface area contributed by atoms with Crippen molar-refractivity contribution in [3.05, 3.63) is 45.9 Å². The van der Waals surface area contributed by atoms with Crippen LogP contribution in [-0.2, 0) is 7.05 Å². The summed E-state index contributed by atoms with van der Waals surface area (Å²) in [6, 6.07) is 5.85. The third-order valence-corrected chi connectivity index (χ3v) is 4.90. The second-order valence-corrected chi connectivity index (χ2v) is 6.87. The molecule has 0 saturated carbocycles. The van der Waals surface area contributed by atoms with Gasteiger partial charge in [-0.2, -0.15) is 0 Å². The lowest BCUT2D eigenvalue weighted by Gasteiger charge is -2.35. The number of nitrogens with zero attached hydrogens (tertiary/aromatic N) is 3. The van der Waals surface area contributed by atoms with Crippen LogP contribution in [0.5, 0.6) is 5.75 Å². The van der Waals surface area contributed by atoms with Gasteiger partial charge in [0.05, 0.1) is 10.5 Å². The average Bonchev–Trinajstić information content (AvgIpc) is 2.96. The number of nitrogens with one attached hydrogen (secondary N) is 1. The fourth-order valence-electron chi connectivity index (χ4n) is 2.83. The van der Waals surface area contributed by atoms with E-state index in [1.165, 1.54) is 0 Å². The van der Waals surface area contributed by atoms with Gasteiger partial charge in [0, 0.05) is 50.6 Å². The van der Waals surface area contributed by atoms with Gasteiger partial charge in [-0.25, -0.2) is 4.98 Å². The van der Waals surface area contributed by atoms with Crippen LogP contribution in [0.3, 0.4) is 0 Å². The number of hydrogen-bond acceptors (Lipinski definition) is 4. The Balaban J connectivity index is 1.60. The highest BCUT2D eigenvalue weighted by molar-refractivity contribution is 9.10. The van der Waals surface area contributed by atoms with E-state index >= 15 is 0 Å². The second kappa shape index (κ2) is 7.66. The number of halogens is 2. The maximum atomic E-state index is 5.95.